The highest BCUT2D eigenvalue weighted by atomic mass is 16.3. The normalized spacial score (nSPS) is 21.6. The molecule has 1 unspecified atom stereocenters. The van der Waals surface area contributed by atoms with E-state index in [-0.39, 0.29) is 0 Å². The van der Waals surface area contributed by atoms with E-state index in [9.17, 15) is 5.11 Å². The molecule has 0 aromatic carbocycles. The summed E-state index contributed by atoms with van der Waals surface area (Å²) in [6, 6.07) is 0. The highest BCUT2D eigenvalue weighted by molar-refractivity contribution is 4.95. The Labute approximate surface area is 77.4 Å². The Morgan fingerprint density at radius 3 is 2.85 bits per heavy atom. The first-order valence-electron chi connectivity index (χ1n) is 4.76. The number of aliphatic hydroxyl groups is 1. The number of nitrogens with zero attached hydrogens (tertiary/aromatic N) is 1. The van der Waals surface area contributed by atoms with E-state index in [1.54, 1.807) is 12.4 Å². The first-order valence-corrected chi connectivity index (χ1v) is 4.76. The minimum Gasteiger partial charge on any atom is -0.385 e. The minimum atomic E-state index is -0.419. The van der Waals surface area contributed by atoms with Crippen molar-refractivity contribution in [1.82, 2.24) is 15.3 Å². The molecule has 2 rings (SSSR count). The molecule has 0 spiro atoms. The number of nitrogens with one attached hydrogen (secondary N) is 2. The summed E-state index contributed by atoms with van der Waals surface area (Å²) in [6.07, 6.45) is 5.07. The number of aliphatic hydroxyl groups excluding tert-OH is 1. The quantitative estimate of drug-likeness (QED) is 0.620. The fourth-order valence-corrected chi connectivity index (χ4v) is 1.82. The molecule has 3 N–H and O–H groups in total. The second kappa shape index (κ2) is 3.89. The van der Waals surface area contributed by atoms with Crippen LogP contribution in [-0.4, -0.2) is 28.2 Å². The monoisotopic (exact) mass is 181 g/mol. The Morgan fingerprint density at radius 1 is 1.46 bits per heavy atom. The lowest BCUT2D eigenvalue weighted by molar-refractivity contribution is 0.0818. The lowest BCUT2D eigenvalue weighted by Crippen LogP contribution is -2.31. The van der Waals surface area contributed by atoms with Crippen LogP contribution in [0.3, 0.4) is 0 Å². The molecule has 0 radical (unpaired) electrons. The van der Waals surface area contributed by atoms with Crippen molar-refractivity contribution in [3.63, 3.8) is 0 Å². The third-order valence-electron chi connectivity index (χ3n) is 2.63. The van der Waals surface area contributed by atoms with E-state index < -0.39 is 6.10 Å². The number of piperidine rings is 1. The number of aromatic nitrogens is 2. The van der Waals surface area contributed by atoms with E-state index >= 15 is 0 Å². The second-order valence-electron chi connectivity index (χ2n) is 3.51. The van der Waals surface area contributed by atoms with Gasteiger partial charge in [-0.3, -0.25) is 0 Å². The van der Waals surface area contributed by atoms with Crippen molar-refractivity contribution in [1.29, 1.82) is 0 Å². The van der Waals surface area contributed by atoms with Gasteiger partial charge in [-0.05, 0) is 31.8 Å². The van der Waals surface area contributed by atoms with Crippen LogP contribution in [0.15, 0.2) is 12.4 Å². The second-order valence-corrected chi connectivity index (χ2v) is 3.51. The lowest BCUT2D eigenvalue weighted by atomic mass is 9.92. The summed E-state index contributed by atoms with van der Waals surface area (Å²) < 4.78 is 0. The Morgan fingerprint density at radius 2 is 2.23 bits per heavy atom. The van der Waals surface area contributed by atoms with Crippen LogP contribution < -0.4 is 5.32 Å². The molecule has 1 aliphatic heterocycles. The molecular weight excluding hydrogens is 166 g/mol. The zero-order valence-corrected chi connectivity index (χ0v) is 7.53. The Hall–Kier alpha value is -0.870. The summed E-state index contributed by atoms with van der Waals surface area (Å²) in [5.74, 6) is 1.05. The fourth-order valence-electron chi connectivity index (χ4n) is 1.82. The van der Waals surface area contributed by atoms with Gasteiger partial charge in [0.1, 0.15) is 11.9 Å². The molecule has 13 heavy (non-hydrogen) atoms. The van der Waals surface area contributed by atoms with Crippen LogP contribution in [0.5, 0.6) is 0 Å². The summed E-state index contributed by atoms with van der Waals surface area (Å²) in [4.78, 5) is 7.02. The maximum atomic E-state index is 9.91. The molecule has 0 amide bonds. The molecule has 1 atom stereocenters. The van der Waals surface area contributed by atoms with E-state index in [1.807, 2.05) is 0 Å². The van der Waals surface area contributed by atoms with E-state index in [0.29, 0.717) is 11.7 Å². The van der Waals surface area contributed by atoms with Gasteiger partial charge in [-0.2, -0.15) is 0 Å². The third-order valence-corrected chi connectivity index (χ3v) is 2.63. The van der Waals surface area contributed by atoms with Crippen molar-refractivity contribution >= 4 is 0 Å². The number of hydrogen-bond donors (Lipinski definition) is 3. The van der Waals surface area contributed by atoms with Gasteiger partial charge in [-0.1, -0.05) is 0 Å². The molecule has 0 aliphatic carbocycles. The molecule has 0 bridgehead atoms. The number of imidazole rings is 1. The highest BCUT2D eigenvalue weighted by Gasteiger charge is 2.24. The summed E-state index contributed by atoms with van der Waals surface area (Å²) in [5.41, 5.74) is 0. The largest absolute Gasteiger partial charge is 0.385 e. The Bertz CT molecular complexity index is 241. The van der Waals surface area contributed by atoms with Crippen molar-refractivity contribution in [3.05, 3.63) is 18.2 Å². The molecule has 72 valence electrons. The highest BCUT2D eigenvalue weighted by Crippen LogP contribution is 2.26. The number of H-pyrrole nitrogens is 1. The summed E-state index contributed by atoms with van der Waals surface area (Å²) in [6.45, 7) is 2.00. The third kappa shape index (κ3) is 1.89. The minimum absolute atomic E-state index is 0.354. The first kappa shape index (κ1) is 8.72. The lowest BCUT2D eigenvalue weighted by Gasteiger charge is -2.25. The molecule has 4 nitrogen and oxygen atoms in total. The molecular formula is C9H15N3O. The van der Waals surface area contributed by atoms with Gasteiger partial charge in [-0.15, -0.1) is 0 Å². The maximum Gasteiger partial charge on any atom is 0.135 e. The number of hydrogen-bond acceptors (Lipinski definition) is 3. The van der Waals surface area contributed by atoms with Crippen LogP contribution >= 0.6 is 0 Å². The summed E-state index contributed by atoms with van der Waals surface area (Å²) in [7, 11) is 0. The average Bonchev–Trinajstić information content (AvgIpc) is 2.71. The van der Waals surface area contributed by atoms with Gasteiger partial charge in [-0.25, -0.2) is 4.98 Å². The molecule has 4 heteroatoms. The topological polar surface area (TPSA) is 60.9 Å². The molecule has 1 fully saturated rings. The van der Waals surface area contributed by atoms with Crippen LogP contribution in [0.2, 0.25) is 0 Å². The van der Waals surface area contributed by atoms with Crippen LogP contribution in [0.4, 0.5) is 0 Å². The smallest absolute Gasteiger partial charge is 0.135 e. The van der Waals surface area contributed by atoms with Crippen molar-refractivity contribution < 1.29 is 5.11 Å². The van der Waals surface area contributed by atoms with Gasteiger partial charge < -0.3 is 15.4 Å². The van der Waals surface area contributed by atoms with Gasteiger partial charge in [0.15, 0.2) is 0 Å². The maximum absolute atomic E-state index is 9.91. The van der Waals surface area contributed by atoms with Gasteiger partial charge in [0.25, 0.3) is 0 Å². The van der Waals surface area contributed by atoms with Crippen molar-refractivity contribution in [2.24, 2.45) is 5.92 Å². The zero-order chi connectivity index (χ0) is 9.10. The van der Waals surface area contributed by atoms with E-state index in [4.69, 9.17) is 0 Å². The molecule has 2 heterocycles. The number of aromatic amines is 1. The number of rotatable bonds is 2. The van der Waals surface area contributed by atoms with Crippen molar-refractivity contribution in [2.75, 3.05) is 13.1 Å². The van der Waals surface area contributed by atoms with Gasteiger partial charge in [0, 0.05) is 12.4 Å². The first-order chi connectivity index (χ1) is 6.38. The van der Waals surface area contributed by atoms with Crippen LogP contribution in [0.1, 0.15) is 24.8 Å². The molecule has 1 aromatic rings. The van der Waals surface area contributed by atoms with Crippen LogP contribution in [-0.2, 0) is 0 Å². The molecule has 1 aliphatic rings. The van der Waals surface area contributed by atoms with Gasteiger partial charge in [0.05, 0.1) is 0 Å². The standard InChI is InChI=1S/C9H15N3O/c13-8(9-11-5-6-12-9)7-1-3-10-4-2-7/h5-8,10,13H,1-4H2,(H,11,12). The van der Waals surface area contributed by atoms with Crippen molar-refractivity contribution in [2.45, 2.75) is 18.9 Å². The van der Waals surface area contributed by atoms with Crippen molar-refractivity contribution in [3.8, 4) is 0 Å². The Balaban J connectivity index is 1.99. The summed E-state index contributed by atoms with van der Waals surface area (Å²) >= 11 is 0. The molecule has 1 aromatic heterocycles. The van der Waals surface area contributed by atoms with Gasteiger partial charge >= 0.3 is 0 Å². The molecule has 1 saturated heterocycles. The summed E-state index contributed by atoms with van der Waals surface area (Å²) in [5, 5.41) is 13.2. The predicted octanol–water partition coefficient (Wildman–Crippen LogP) is 0.443. The predicted molar refractivity (Wildman–Crippen MR) is 49.1 cm³/mol. The van der Waals surface area contributed by atoms with E-state index in [0.717, 1.165) is 25.9 Å². The Kier molecular flexibility index (Phi) is 2.61. The van der Waals surface area contributed by atoms with Gasteiger partial charge in [0.2, 0.25) is 0 Å². The van der Waals surface area contributed by atoms with E-state index in [2.05, 4.69) is 15.3 Å². The van der Waals surface area contributed by atoms with E-state index in [1.165, 1.54) is 0 Å². The zero-order valence-electron chi connectivity index (χ0n) is 7.53. The average molecular weight is 181 g/mol. The molecule has 0 saturated carbocycles. The fraction of sp³-hybridized carbons (Fsp3) is 0.667. The van der Waals surface area contributed by atoms with Crippen LogP contribution in [0.25, 0.3) is 0 Å². The SMILES string of the molecule is OC(c1ncc[nH]1)C1CCNCC1. The van der Waals surface area contributed by atoms with Crippen LogP contribution in [0, 0.1) is 5.92 Å².